The van der Waals surface area contributed by atoms with Gasteiger partial charge in [0.25, 0.3) is 0 Å². The fourth-order valence-electron chi connectivity index (χ4n) is 2.68. The average molecular weight is 278 g/mol. The Morgan fingerprint density at radius 3 is 2.19 bits per heavy atom. The number of ether oxygens (including phenoxy) is 1. The van der Waals surface area contributed by atoms with Gasteiger partial charge in [-0.2, -0.15) is 0 Å². The molecule has 0 aromatic heterocycles. The number of aliphatic hydroxyl groups excluding tert-OH is 1. The third kappa shape index (κ3) is 2.50. The first-order valence-electron chi connectivity index (χ1n) is 7.01. The molecule has 0 aliphatic carbocycles. The maximum absolute atomic E-state index is 10.7. The highest BCUT2D eigenvalue weighted by Gasteiger charge is 2.14. The summed E-state index contributed by atoms with van der Waals surface area (Å²) in [5.74, 6) is 0.791. The van der Waals surface area contributed by atoms with Gasteiger partial charge in [-0.25, -0.2) is 0 Å². The van der Waals surface area contributed by atoms with Crippen LogP contribution in [-0.2, 0) is 0 Å². The molecular weight excluding hydrogens is 260 g/mol. The van der Waals surface area contributed by atoms with Crippen molar-refractivity contribution in [2.45, 2.75) is 13.0 Å². The minimum absolute atomic E-state index is 0.638. The molecule has 0 aliphatic heterocycles. The van der Waals surface area contributed by atoms with Crippen LogP contribution in [0.3, 0.4) is 0 Å². The summed E-state index contributed by atoms with van der Waals surface area (Å²) in [5.41, 5.74) is 3.02. The Hall–Kier alpha value is -2.32. The summed E-state index contributed by atoms with van der Waals surface area (Å²) < 4.78 is 5.16. The number of aliphatic hydroxyl groups is 1. The van der Waals surface area contributed by atoms with Gasteiger partial charge in [0.2, 0.25) is 0 Å². The smallest absolute Gasteiger partial charge is 0.118 e. The van der Waals surface area contributed by atoms with E-state index in [0.29, 0.717) is 0 Å². The minimum Gasteiger partial charge on any atom is -0.497 e. The van der Waals surface area contributed by atoms with Crippen LogP contribution in [0.5, 0.6) is 5.75 Å². The van der Waals surface area contributed by atoms with Crippen molar-refractivity contribution >= 4 is 10.8 Å². The summed E-state index contributed by atoms with van der Waals surface area (Å²) in [6.45, 7) is 2.09. The van der Waals surface area contributed by atoms with E-state index in [1.807, 2.05) is 42.5 Å². The van der Waals surface area contributed by atoms with Crippen molar-refractivity contribution in [1.82, 2.24) is 0 Å². The third-order valence-electron chi connectivity index (χ3n) is 3.90. The summed E-state index contributed by atoms with van der Waals surface area (Å²) in [5, 5.41) is 13.0. The quantitative estimate of drug-likeness (QED) is 0.776. The van der Waals surface area contributed by atoms with Crippen molar-refractivity contribution in [3.63, 3.8) is 0 Å². The van der Waals surface area contributed by atoms with Gasteiger partial charge in [0.1, 0.15) is 11.9 Å². The number of aryl methyl sites for hydroxylation is 1. The monoisotopic (exact) mass is 278 g/mol. The van der Waals surface area contributed by atoms with Crippen LogP contribution in [0.1, 0.15) is 22.8 Å². The highest BCUT2D eigenvalue weighted by Crippen LogP contribution is 2.31. The lowest BCUT2D eigenvalue weighted by Crippen LogP contribution is -2.01. The van der Waals surface area contributed by atoms with E-state index in [1.54, 1.807) is 7.11 Å². The zero-order valence-corrected chi connectivity index (χ0v) is 12.2. The molecule has 3 aromatic rings. The van der Waals surface area contributed by atoms with Crippen molar-refractivity contribution in [3.05, 3.63) is 77.4 Å². The second-order valence-corrected chi connectivity index (χ2v) is 5.19. The van der Waals surface area contributed by atoms with E-state index >= 15 is 0 Å². The summed E-state index contributed by atoms with van der Waals surface area (Å²) >= 11 is 0. The molecule has 0 spiro atoms. The molecule has 1 unspecified atom stereocenters. The number of hydrogen-bond donors (Lipinski definition) is 1. The number of benzene rings is 3. The molecule has 0 radical (unpaired) electrons. The minimum atomic E-state index is -0.638. The molecule has 21 heavy (non-hydrogen) atoms. The molecule has 0 saturated heterocycles. The lowest BCUT2D eigenvalue weighted by atomic mass is 9.94. The van der Waals surface area contributed by atoms with Gasteiger partial charge in [-0.3, -0.25) is 0 Å². The van der Waals surface area contributed by atoms with Crippen molar-refractivity contribution < 1.29 is 9.84 Å². The van der Waals surface area contributed by atoms with Gasteiger partial charge in [-0.15, -0.1) is 0 Å². The fraction of sp³-hybridized carbons (Fsp3) is 0.158. The number of rotatable bonds is 3. The third-order valence-corrected chi connectivity index (χ3v) is 3.90. The van der Waals surface area contributed by atoms with Crippen LogP contribution in [0.4, 0.5) is 0 Å². The molecule has 0 aliphatic rings. The topological polar surface area (TPSA) is 29.5 Å². The Labute approximate surface area is 124 Å². The van der Waals surface area contributed by atoms with Crippen LogP contribution in [0.2, 0.25) is 0 Å². The molecule has 2 heteroatoms. The Bertz CT molecular complexity index is 760. The van der Waals surface area contributed by atoms with Crippen LogP contribution in [0.25, 0.3) is 10.8 Å². The molecule has 1 atom stereocenters. The first kappa shape index (κ1) is 13.7. The second-order valence-electron chi connectivity index (χ2n) is 5.19. The molecular formula is C19H18O2. The van der Waals surface area contributed by atoms with E-state index in [1.165, 1.54) is 10.9 Å². The van der Waals surface area contributed by atoms with E-state index in [4.69, 9.17) is 4.74 Å². The molecule has 3 rings (SSSR count). The van der Waals surface area contributed by atoms with Crippen molar-refractivity contribution in [2.75, 3.05) is 7.11 Å². The number of hydrogen-bond acceptors (Lipinski definition) is 2. The average Bonchev–Trinajstić information content (AvgIpc) is 2.55. The van der Waals surface area contributed by atoms with E-state index < -0.39 is 6.10 Å². The predicted molar refractivity (Wildman–Crippen MR) is 85.7 cm³/mol. The largest absolute Gasteiger partial charge is 0.497 e. The van der Waals surface area contributed by atoms with Crippen molar-refractivity contribution in [3.8, 4) is 5.75 Å². The van der Waals surface area contributed by atoms with Gasteiger partial charge in [0.05, 0.1) is 7.11 Å². The van der Waals surface area contributed by atoms with Gasteiger partial charge in [-0.05, 0) is 46.5 Å². The maximum Gasteiger partial charge on any atom is 0.118 e. The normalized spacial score (nSPS) is 12.3. The molecule has 3 aromatic carbocycles. The first-order valence-corrected chi connectivity index (χ1v) is 7.01. The van der Waals surface area contributed by atoms with Gasteiger partial charge in [-0.1, -0.05) is 48.5 Å². The molecule has 2 nitrogen and oxygen atoms in total. The predicted octanol–water partition coefficient (Wildman–Crippen LogP) is 4.24. The summed E-state index contributed by atoms with van der Waals surface area (Å²) in [6.07, 6.45) is -0.638. The highest BCUT2D eigenvalue weighted by atomic mass is 16.5. The molecule has 0 saturated carbocycles. The van der Waals surface area contributed by atoms with Crippen LogP contribution in [-0.4, -0.2) is 12.2 Å². The SMILES string of the molecule is COc1ccc(C(O)c2ccc(C)c3ccccc23)cc1. The Morgan fingerprint density at radius 1 is 0.857 bits per heavy atom. The summed E-state index contributed by atoms with van der Waals surface area (Å²) in [7, 11) is 1.64. The van der Waals surface area contributed by atoms with Gasteiger partial charge in [0, 0.05) is 0 Å². The van der Waals surface area contributed by atoms with Crippen molar-refractivity contribution in [2.24, 2.45) is 0 Å². The molecule has 0 amide bonds. The zero-order chi connectivity index (χ0) is 14.8. The molecule has 106 valence electrons. The Balaban J connectivity index is 2.08. The van der Waals surface area contributed by atoms with E-state index in [2.05, 4.69) is 25.1 Å². The maximum atomic E-state index is 10.7. The van der Waals surface area contributed by atoms with Gasteiger partial charge in [0.15, 0.2) is 0 Å². The molecule has 0 bridgehead atoms. The highest BCUT2D eigenvalue weighted by molar-refractivity contribution is 5.89. The van der Waals surface area contributed by atoms with E-state index in [0.717, 1.165) is 22.3 Å². The molecule has 0 fully saturated rings. The van der Waals surface area contributed by atoms with Crippen LogP contribution in [0, 0.1) is 6.92 Å². The van der Waals surface area contributed by atoms with Gasteiger partial charge < -0.3 is 9.84 Å². The Kier molecular flexibility index (Phi) is 3.63. The standard InChI is InChI=1S/C19H18O2/c1-13-7-12-18(17-6-4-3-5-16(13)17)19(20)14-8-10-15(21-2)11-9-14/h3-12,19-20H,1-2H3. The van der Waals surface area contributed by atoms with E-state index in [9.17, 15) is 5.11 Å². The molecule has 0 heterocycles. The number of fused-ring (bicyclic) bond motifs is 1. The summed E-state index contributed by atoms with van der Waals surface area (Å²) in [4.78, 5) is 0. The van der Waals surface area contributed by atoms with E-state index in [-0.39, 0.29) is 0 Å². The fourth-order valence-corrected chi connectivity index (χ4v) is 2.68. The Morgan fingerprint density at radius 2 is 1.52 bits per heavy atom. The second kappa shape index (κ2) is 5.58. The lowest BCUT2D eigenvalue weighted by molar-refractivity contribution is 0.222. The van der Waals surface area contributed by atoms with Crippen LogP contribution >= 0.6 is 0 Å². The van der Waals surface area contributed by atoms with Crippen LogP contribution in [0.15, 0.2) is 60.7 Å². The lowest BCUT2D eigenvalue weighted by Gasteiger charge is -2.16. The number of methoxy groups -OCH3 is 1. The zero-order valence-electron chi connectivity index (χ0n) is 12.2. The molecule has 1 N–H and O–H groups in total. The van der Waals surface area contributed by atoms with Crippen molar-refractivity contribution in [1.29, 1.82) is 0 Å². The summed E-state index contributed by atoms with van der Waals surface area (Å²) in [6, 6.07) is 19.8. The van der Waals surface area contributed by atoms with Crippen LogP contribution < -0.4 is 4.74 Å². The first-order chi connectivity index (χ1) is 10.2. The van der Waals surface area contributed by atoms with Gasteiger partial charge >= 0.3 is 0 Å².